The molecule has 0 amide bonds. The lowest BCUT2D eigenvalue weighted by Gasteiger charge is -2.13. The average Bonchev–Trinajstić information content (AvgIpc) is 3.12. The molecule has 0 radical (unpaired) electrons. The van der Waals surface area contributed by atoms with Crippen LogP contribution in [0.4, 0.5) is 5.82 Å². The van der Waals surface area contributed by atoms with E-state index in [1.165, 1.54) is 18.5 Å². The fraction of sp³-hybridized carbons (Fsp3) is 0.636. The Balaban J connectivity index is 2.43. The molecule has 1 heterocycles. The van der Waals surface area contributed by atoms with Crippen molar-refractivity contribution in [2.45, 2.75) is 31.8 Å². The van der Waals surface area contributed by atoms with Gasteiger partial charge in [-0.25, -0.2) is 9.97 Å². The standard InChI is InChI=1S/C11H16IN3O/c1-6(16-3)10-14-9(7-4-5-7)8(12)11(13-2)15-10/h6-7H,4-5H2,1-3H3,(H,13,14,15). The molecule has 1 N–H and O–H groups in total. The van der Waals surface area contributed by atoms with E-state index in [2.05, 4.69) is 37.9 Å². The first-order valence-corrected chi connectivity index (χ1v) is 6.53. The molecule has 1 atom stereocenters. The van der Waals surface area contributed by atoms with Crippen LogP contribution in [0.5, 0.6) is 0 Å². The second-order valence-corrected chi connectivity index (χ2v) is 5.11. The SMILES string of the molecule is CNc1nc(C(C)OC)nc(C2CC2)c1I. The van der Waals surface area contributed by atoms with Gasteiger partial charge in [0.2, 0.25) is 0 Å². The third-order valence-corrected chi connectivity index (χ3v) is 3.88. The second kappa shape index (κ2) is 4.83. The highest BCUT2D eigenvalue weighted by Crippen LogP contribution is 2.42. The van der Waals surface area contributed by atoms with Crippen LogP contribution in [-0.4, -0.2) is 24.1 Å². The third kappa shape index (κ3) is 2.29. The van der Waals surface area contributed by atoms with E-state index in [0.29, 0.717) is 5.92 Å². The Bertz CT molecular complexity index is 393. The lowest BCUT2D eigenvalue weighted by molar-refractivity contribution is 0.112. The van der Waals surface area contributed by atoms with Gasteiger partial charge in [-0.2, -0.15) is 0 Å². The molecule has 0 aliphatic heterocycles. The zero-order valence-corrected chi connectivity index (χ0v) is 11.9. The summed E-state index contributed by atoms with van der Waals surface area (Å²) in [7, 11) is 3.57. The van der Waals surface area contributed by atoms with Crippen LogP contribution in [-0.2, 0) is 4.74 Å². The molecule has 1 aromatic heterocycles. The van der Waals surface area contributed by atoms with E-state index in [1.54, 1.807) is 7.11 Å². The van der Waals surface area contributed by atoms with Gasteiger partial charge < -0.3 is 10.1 Å². The van der Waals surface area contributed by atoms with Crippen LogP contribution in [0, 0.1) is 3.57 Å². The van der Waals surface area contributed by atoms with Gasteiger partial charge >= 0.3 is 0 Å². The van der Waals surface area contributed by atoms with Crippen LogP contribution < -0.4 is 5.32 Å². The van der Waals surface area contributed by atoms with Crippen LogP contribution in [0.1, 0.15) is 43.3 Å². The molecule has 1 aliphatic carbocycles. The second-order valence-electron chi connectivity index (χ2n) is 4.03. The van der Waals surface area contributed by atoms with Crippen molar-refractivity contribution in [3.63, 3.8) is 0 Å². The quantitative estimate of drug-likeness (QED) is 0.861. The maximum Gasteiger partial charge on any atom is 0.159 e. The van der Waals surface area contributed by atoms with Crippen molar-refractivity contribution in [1.82, 2.24) is 9.97 Å². The maximum absolute atomic E-state index is 5.28. The summed E-state index contributed by atoms with van der Waals surface area (Å²) in [6.45, 7) is 1.97. The molecule has 4 nitrogen and oxygen atoms in total. The summed E-state index contributed by atoms with van der Waals surface area (Å²) in [5, 5.41) is 3.12. The zero-order valence-electron chi connectivity index (χ0n) is 9.75. The average molecular weight is 333 g/mol. The largest absolute Gasteiger partial charge is 0.374 e. The molecule has 16 heavy (non-hydrogen) atoms. The van der Waals surface area contributed by atoms with Crippen LogP contribution in [0.3, 0.4) is 0 Å². The molecule has 1 aromatic rings. The number of hydrogen-bond donors (Lipinski definition) is 1. The van der Waals surface area contributed by atoms with E-state index in [4.69, 9.17) is 4.74 Å². The molecular weight excluding hydrogens is 317 g/mol. The first-order valence-electron chi connectivity index (χ1n) is 5.45. The highest BCUT2D eigenvalue weighted by Gasteiger charge is 2.29. The maximum atomic E-state index is 5.28. The fourth-order valence-corrected chi connectivity index (χ4v) is 2.51. The lowest BCUT2D eigenvalue weighted by atomic mass is 10.2. The number of nitrogens with one attached hydrogen (secondary N) is 1. The van der Waals surface area contributed by atoms with Crippen molar-refractivity contribution in [3.8, 4) is 0 Å². The number of nitrogens with zero attached hydrogens (tertiary/aromatic N) is 2. The molecule has 2 rings (SSSR count). The third-order valence-electron chi connectivity index (χ3n) is 2.81. The van der Waals surface area contributed by atoms with Gasteiger partial charge in [0.1, 0.15) is 11.9 Å². The Morgan fingerprint density at radius 1 is 1.44 bits per heavy atom. The monoisotopic (exact) mass is 333 g/mol. The minimum atomic E-state index is -0.0541. The summed E-state index contributed by atoms with van der Waals surface area (Å²) in [5.74, 6) is 2.32. The number of ether oxygens (including phenoxy) is 1. The van der Waals surface area contributed by atoms with Crippen LogP contribution >= 0.6 is 22.6 Å². The summed E-state index contributed by atoms with van der Waals surface area (Å²) in [4.78, 5) is 9.11. The Labute approximate surface area is 109 Å². The fourth-order valence-electron chi connectivity index (χ4n) is 1.56. The Kier molecular flexibility index (Phi) is 3.63. The molecule has 1 saturated carbocycles. The van der Waals surface area contributed by atoms with E-state index in [9.17, 15) is 0 Å². The van der Waals surface area contributed by atoms with Crippen LogP contribution in [0.25, 0.3) is 0 Å². The van der Waals surface area contributed by atoms with Gasteiger partial charge in [0.25, 0.3) is 0 Å². The summed E-state index contributed by atoms with van der Waals surface area (Å²) >= 11 is 2.32. The lowest BCUT2D eigenvalue weighted by Crippen LogP contribution is -2.10. The normalized spacial score (nSPS) is 17.2. The zero-order chi connectivity index (χ0) is 11.7. The van der Waals surface area contributed by atoms with E-state index < -0.39 is 0 Å². The summed E-state index contributed by atoms with van der Waals surface area (Å²) in [5.41, 5.74) is 1.18. The van der Waals surface area contributed by atoms with Crippen LogP contribution in [0.15, 0.2) is 0 Å². The van der Waals surface area contributed by atoms with Gasteiger partial charge in [0, 0.05) is 20.1 Å². The Morgan fingerprint density at radius 3 is 2.62 bits per heavy atom. The van der Waals surface area contributed by atoms with Crippen molar-refractivity contribution >= 4 is 28.4 Å². The summed E-state index contributed by atoms with van der Waals surface area (Å²) in [6, 6.07) is 0. The van der Waals surface area contributed by atoms with Crippen molar-refractivity contribution in [1.29, 1.82) is 0 Å². The number of hydrogen-bond acceptors (Lipinski definition) is 4. The number of methoxy groups -OCH3 is 1. The van der Waals surface area contributed by atoms with Gasteiger partial charge in [0.15, 0.2) is 5.82 Å². The van der Waals surface area contributed by atoms with E-state index in [-0.39, 0.29) is 6.10 Å². The predicted octanol–water partition coefficient (Wildman–Crippen LogP) is 2.71. The predicted molar refractivity (Wildman–Crippen MR) is 71.7 cm³/mol. The van der Waals surface area contributed by atoms with Gasteiger partial charge in [-0.1, -0.05) is 0 Å². The van der Waals surface area contributed by atoms with Gasteiger partial charge in [-0.15, -0.1) is 0 Å². The molecule has 0 spiro atoms. The molecule has 0 aromatic carbocycles. The molecule has 5 heteroatoms. The van der Waals surface area contributed by atoms with Gasteiger partial charge in [0.05, 0.1) is 9.26 Å². The molecule has 0 bridgehead atoms. The number of aromatic nitrogens is 2. The molecule has 1 aliphatic rings. The van der Waals surface area contributed by atoms with Crippen molar-refractivity contribution < 1.29 is 4.74 Å². The number of anilines is 1. The van der Waals surface area contributed by atoms with Crippen molar-refractivity contribution in [2.24, 2.45) is 0 Å². The van der Waals surface area contributed by atoms with Crippen LogP contribution in [0.2, 0.25) is 0 Å². The molecule has 0 saturated heterocycles. The topological polar surface area (TPSA) is 47.0 Å². The van der Waals surface area contributed by atoms with E-state index >= 15 is 0 Å². The van der Waals surface area contributed by atoms with Gasteiger partial charge in [-0.05, 0) is 42.4 Å². The molecular formula is C11H16IN3O. The van der Waals surface area contributed by atoms with Crippen molar-refractivity contribution in [2.75, 3.05) is 19.5 Å². The van der Waals surface area contributed by atoms with E-state index in [0.717, 1.165) is 15.2 Å². The molecule has 1 fully saturated rings. The minimum absolute atomic E-state index is 0.0541. The first-order chi connectivity index (χ1) is 7.67. The van der Waals surface area contributed by atoms with Gasteiger partial charge in [-0.3, -0.25) is 0 Å². The molecule has 1 unspecified atom stereocenters. The van der Waals surface area contributed by atoms with E-state index in [1.807, 2.05) is 14.0 Å². The summed E-state index contributed by atoms with van der Waals surface area (Å²) < 4.78 is 6.42. The minimum Gasteiger partial charge on any atom is -0.374 e. The Hall–Kier alpha value is -0.430. The first kappa shape index (κ1) is 12.0. The summed E-state index contributed by atoms with van der Waals surface area (Å²) in [6.07, 6.45) is 2.44. The number of halogens is 1. The number of rotatable bonds is 4. The smallest absolute Gasteiger partial charge is 0.159 e. The highest BCUT2D eigenvalue weighted by molar-refractivity contribution is 14.1. The van der Waals surface area contributed by atoms with Crippen molar-refractivity contribution in [3.05, 3.63) is 15.1 Å². The Morgan fingerprint density at radius 2 is 2.12 bits per heavy atom. The highest BCUT2D eigenvalue weighted by atomic mass is 127. The molecule has 88 valence electrons.